The molecule has 0 aliphatic carbocycles. The molecule has 2 aromatic heterocycles. The molecule has 7 heteroatoms. The highest BCUT2D eigenvalue weighted by atomic mass is 35.5. The summed E-state index contributed by atoms with van der Waals surface area (Å²) in [7, 11) is 0. The first-order valence-corrected chi connectivity index (χ1v) is 9.36. The van der Waals surface area contributed by atoms with Gasteiger partial charge in [-0.15, -0.1) is 10.2 Å². The summed E-state index contributed by atoms with van der Waals surface area (Å²) in [6, 6.07) is 17.8. The molecule has 0 radical (unpaired) electrons. The van der Waals surface area contributed by atoms with E-state index in [-0.39, 0.29) is 11.8 Å². The number of hydrogen-bond donors (Lipinski definition) is 1. The molecule has 138 valence electrons. The van der Waals surface area contributed by atoms with Crippen LogP contribution in [-0.4, -0.2) is 25.9 Å². The van der Waals surface area contributed by atoms with Gasteiger partial charge in [0.25, 0.3) is 0 Å². The third-order valence-electron chi connectivity index (χ3n) is 5.14. The van der Waals surface area contributed by atoms with Gasteiger partial charge in [0.05, 0.1) is 5.69 Å². The molecule has 6 nitrogen and oxygen atoms in total. The van der Waals surface area contributed by atoms with Crippen molar-refractivity contribution in [1.82, 2.24) is 20.0 Å². The highest BCUT2D eigenvalue weighted by molar-refractivity contribution is 6.29. The molecule has 1 N–H and O–H groups in total. The van der Waals surface area contributed by atoms with Gasteiger partial charge in [-0.25, -0.2) is 0 Å². The van der Waals surface area contributed by atoms with E-state index in [4.69, 9.17) is 11.6 Å². The number of amides is 1. The van der Waals surface area contributed by atoms with E-state index >= 15 is 0 Å². The number of hydrogen-bond acceptors (Lipinski definition) is 4. The molecule has 2 aromatic carbocycles. The van der Waals surface area contributed by atoms with Crippen molar-refractivity contribution in [2.24, 2.45) is 0 Å². The van der Waals surface area contributed by atoms with Crippen molar-refractivity contribution in [3.05, 3.63) is 76.6 Å². The van der Waals surface area contributed by atoms with E-state index in [2.05, 4.69) is 44.9 Å². The van der Waals surface area contributed by atoms with Crippen molar-refractivity contribution in [3.63, 3.8) is 0 Å². The molecule has 0 fully saturated rings. The fraction of sp³-hybridized carbons (Fsp3) is 0.143. The second-order valence-corrected chi connectivity index (χ2v) is 7.23. The number of benzene rings is 2. The van der Waals surface area contributed by atoms with Crippen LogP contribution in [0.1, 0.15) is 29.2 Å². The summed E-state index contributed by atoms with van der Waals surface area (Å²) in [4.78, 5) is 12.6. The van der Waals surface area contributed by atoms with Gasteiger partial charge < -0.3 is 5.32 Å². The Morgan fingerprint density at radius 3 is 2.71 bits per heavy atom. The monoisotopic (exact) mass is 389 g/mol. The minimum Gasteiger partial charge on any atom is -0.310 e. The summed E-state index contributed by atoms with van der Waals surface area (Å²) in [5, 5.41) is 18.2. The van der Waals surface area contributed by atoms with Crippen molar-refractivity contribution < 1.29 is 4.79 Å². The van der Waals surface area contributed by atoms with Gasteiger partial charge in [-0.3, -0.25) is 4.79 Å². The Morgan fingerprint density at radius 1 is 1.07 bits per heavy atom. The summed E-state index contributed by atoms with van der Waals surface area (Å²) < 4.78 is 1.63. The number of carbonyl (C=O) groups is 1. The molecule has 0 saturated heterocycles. The molecular weight excluding hydrogens is 374 g/mol. The number of halogens is 1. The lowest BCUT2D eigenvalue weighted by Crippen LogP contribution is -2.25. The highest BCUT2D eigenvalue weighted by Crippen LogP contribution is 2.42. The van der Waals surface area contributed by atoms with Crippen molar-refractivity contribution in [2.45, 2.75) is 19.3 Å². The average molecular weight is 390 g/mol. The maximum Gasteiger partial charge on any atom is 0.226 e. The summed E-state index contributed by atoms with van der Waals surface area (Å²) in [6.45, 7) is 1.95. The molecule has 1 unspecified atom stereocenters. The zero-order valence-corrected chi connectivity index (χ0v) is 15.8. The molecule has 1 atom stereocenters. The first kappa shape index (κ1) is 16.9. The average Bonchev–Trinajstić information content (AvgIpc) is 3.04. The molecule has 3 heterocycles. The Labute approximate surface area is 166 Å². The Bertz CT molecular complexity index is 1210. The standard InChI is InChI=1S/C21H16ClN5O/c1-12-20-16(15-8-4-6-13-5-2-3-7-14(13)15)11-19(28)23-21(20)27(26-12)18-10-9-17(22)24-25-18/h2-10,16H,11H2,1H3,(H,23,28). The van der Waals surface area contributed by atoms with Crippen LogP contribution in [0.2, 0.25) is 5.15 Å². The van der Waals surface area contributed by atoms with E-state index in [1.807, 2.05) is 25.1 Å². The van der Waals surface area contributed by atoms with Gasteiger partial charge >= 0.3 is 0 Å². The second-order valence-electron chi connectivity index (χ2n) is 6.85. The zero-order valence-electron chi connectivity index (χ0n) is 15.1. The molecule has 0 saturated carbocycles. The van der Waals surface area contributed by atoms with E-state index in [9.17, 15) is 4.79 Å². The number of rotatable bonds is 2. The number of anilines is 1. The van der Waals surface area contributed by atoms with Crippen LogP contribution < -0.4 is 5.32 Å². The molecule has 5 rings (SSSR count). The number of carbonyl (C=O) groups excluding carboxylic acids is 1. The zero-order chi connectivity index (χ0) is 19.3. The number of aromatic nitrogens is 4. The van der Waals surface area contributed by atoms with Gasteiger partial charge in [-0.1, -0.05) is 54.1 Å². The molecule has 0 bridgehead atoms. The molecule has 0 spiro atoms. The third-order valence-corrected chi connectivity index (χ3v) is 5.34. The summed E-state index contributed by atoms with van der Waals surface area (Å²) >= 11 is 5.86. The van der Waals surface area contributed by atoms with Crippen LogP contribution in [0, 0.1) is 6.92 Å². The molecular formula is C21H16ClN5O. The van der Waals surface area contributed by atoms with Crippen molar-refractivity contribution >= 4 is 34.1 Å². The van der Waals surface area contributed by atoms with Gasteiger partial charge in [-0.2, -0.15) is 9.78 Å². The maximum atomic E-state index is 12.6. The Hall–Kier alpha value is -3.25. The minimum atomic E-state index is -0.0798. The Kier molecular flexibility index (Phi) is 3.87. The van der Waals surface area contributed by atoms with Crippen LogP contribution in [0.25, 0.3) is 16.6 Å². The number of nitrogens with one attached hydrogen (secondary N) is 1. The van der Waals surface area contributed by atoms with E-state index < -0.39 is 0 Å². The number of fused-ring (bicyclic) bond motifs is 2. The largest absolute Gasteiger partial charge is 0.310 e. The van der Waals surface area contributed by atoms with Crippen molar-refractivity contribution in [2.75, 3.05) is 5.32 Å². The van der Waals surface area contributed by atoms with Crippen LogP contribution in [0.3, 0.4) is 0 Å². The Balaban J connectivity index is 1.72. The highest BCUT2D eigenvalue weighted by Gasteiger charge is 2.33. The first-order chi connectivity index (χ1) is 13.6. The van der Waals surface area contributed by atoms with Gasteiger partial charge in [0.15, 0.2) is 11.0 Å². The van der Waals surface area contributed by atoms with Gasteiger partial charge in [0, 0.05) is 17.9 Å². The second kappa shape index (κ2) is 6.42. The lowest BCUT2D eigenvalue weighted by Gasteiger charge is -2.25. The quantitative estimate of drug-likeness (QED) is 0.556. The van der Waals surface area contributed by atoms with Crippen molar-refractivity contribution in [1.29, 1.82) is 0 Å². The number of nitrogens with zero attached hydrogens (tertiary/aromatic N) is 4. The SMILES string of the molecule is Cc1nn(-c2ccc(Cl)nn2)c2c1C(c1cccc3ccccc13)CC(=O)N2. The lowest BCUT2D eigenvalue weighted by atomic mass is 9.83. The van der Waals surface area contributed by atoms with Crippen molar-refractivity contribution in [3.8, 4) is 5.82 Å². The van der Waals surface area contributed by atoms with E-state index in [1.54, 1.807) is 16.8 Å². The van der Waals surface area contributed by atoms with Gasteiger partial charge in [0.2, 0.25) is 5.91 Å². The van der Waals surface area contributed by atoms with Crippen LogP contribution in [0.5, 0.6) is 0 Å². The molecule has 4 aromatic rings. The van der Waals surface area contributed by atoms with E-state index in [0.717, 1.165) is 27.6 Å². The van der Waals surface area contributed by atoms with E-state index in [1.165, 1.54) is 0 Å². The predicted molar refractivity (Wildman–Crippen MR) is 108 cm³/mol. The molecule has 1 amide bonds. The number of aryl methyl sites for hydroxylation is 1. The third kappa shape index (κ3) is 2.65. The van der Waals surface area contributed by atoms with Gasteiger partial charge in [0.1, 0.15) is 5.82 Å². The lowest BCUT2D eigenvalue weighted by molar-refractivity contribution is -0.116. The normalized spacial score (nSPS) is 16.1. The maximum absolute atomic E-state index is 12.6. The van der Waals surface area contributed by atoms with Crippen LogP contribution in [0.15, 0.2) is 54.6 Å². The summed E-state index contributed by atoms with van der Waals surface area (Å²) in [6.07, 6.45) is 0.375. The Morgan fingerprint density at radius 2 is 1.89 bits per heavy atom. The summed E-state index contributed by atoms with van der Waals surface area (Å²) in [5.74, 6) is 1.02. The molecule has 28 heavy (non-hydrogen) atoms. The molecule has 1 aliphatic heterocycles. The fourth-order valence-electron chi connectivity index (χ4n) is 3.95. The molecule has 1 aliphatic rings. The smallest absolute Gasteiger partial charge is 0.226 e. The first-order valence-electron chi connectivity index (χ1n) is 8.98. The fourth-order valence-corrected chi connectivity index (χ4v) is 4.06. The van der Waals surface area contributed by atoms with E-state index in [0.29, 0.717) is 23.2 Å². The predicted octanol–water partition coefficient (Wildman–Crippen LogP) is 4.25. The van der Waals surface area contributed by atoms with Crippen LogP contribution in [-0.2, 0) is 4.79 Å². The van der Waals surface area contributed by atoms with Crippen LogP contribution >= 0.6 is 11.6 Å². The van der Waals surface area contributed by atoms with Gasteiger partial charge in [-0.05, 0) is 35.4 Å². The minimum absolute atomic E-state index is 0.0477. The van der Waals surface area contributed by atoms with Crippen LogP contribution in [0.4, 0.5) is 5.82 Å². The summed E-state index contributed by atoms with van der Waals surface area (Å²) in [5.41, 5.74) is 2.98. The topological polar surface area (TPSA) is 72.7 Å².